The van der Waals surface area contributed by atoms with Crippen LogP contribution in [0.3, 0.4) is 0 Å². The number of hydrogen-bond acceptors (Lipinski definition) is 7. The second-order valence-electron chi connectivity index (χ2n) is 17.3. The Bertz CT molecular complexity index is 1500. The van der Waals surface area contributed by atoms with Gasteiger partial charge in [-0.1, -0.05) is 92.5 Å². The van der Waals surface area contributed by atoms with Gasteiger partial charge in [-0.15, -0.1) is 0 Å². The second-order valence-corrected chi connectivity index (χ2v) is 17.3. The summed E-state index contributed by atoms with van der Waals surface area (Å²) in [6.07, 6.45) is 3.02. The number of likely N-dealkylation sites (tertiary alicyclic amines) is 1. The summed E-state index contributed by atoms with van der Waals surface area (Å²) in [6, 6.07) is 3.24. The Labute approximate surface area is 289 Å². The van der Waals surface area contributed by atoms with Gasteiger partial charge in [0.1, 0.15) is 24.2 Å². The highest BCUT2D eigenvalue weighted by molar-refractivity contribution is 6.37. The monoisotopic (exact) mass is 679 g/mol. The molecule has 5 rings (SSSR count). The molecule has 49 heavy (non-hydrogen) atoms. The van der Waals surface area contributed by atoms with E-state index in [1.807, 2.05) is 79.7 Å². The number of rotatable bonds is 11. The number of urea groups is 1. The van der Waals surface area contributed by atoms with E-state index in [9.17, 15) is 28.8 Å². The molecule has 3 aliphatic carbocycles. The van der Waals surface area contributed by atoms with E-state index in [1.165, 1.54) is 4.90 Å². The van der Waals surface area contributed by atoms with Crippen LogP contribution in [0.5, 0.6) is 0 Å². The quantitative estimate of drug-likeness (QED) is 0.205. The molecular formula is C37H53N5O7. The summed E-state index contributed by atoms with van der Waals surface area (Å²) in [5, 5.41) is 8.37. The van der Waals surface area contributed by atoms with Gasteiger partial charge in [-0.3, -0.25) is 19.2 Å². The van der Waals surface area contributed by atoms with Gasteiger partial charge in [0.15, 0.2) is 0 Å². The first-order valence-corrected chi connectivity index (χ1v) is 17.5. The number of Topliss-reactive ketones (excluding diaryl/α,β-unsaturated/α-hetero) is 1. The number of ketones is 1. The van der Waals surface area contributed by atoms with Crippen molar-refractivity contribution in [2.45, 2.75) is 118 Å². The third-order valence-corrected chi connectivity index (χ3v) is 11.0. The Morgan fingerprint density at radius 2 is 1.45 bits per heavy atom. The maximum Gasteiger partial charge on any atom is 0.329 e. The smallest absolute Gasteiger partial charge is 0.329 e. The van der Waals surface area contributed by atoms with Crippen LogP contribution in [0.1, 0.15) is 85.8 Å². The molecule has 1 heterocycles. The number of hydrogen-bond donors (Lipinski definition) is 4. The van der Waals surface area contributed by atoms with Crippen LogP contribution < -0.4 is 21.7 Å². The number of ether oxygens (including phenoxy) is 1. The van der Waals surface area contributed by atoms with Gasteiger partial charge in [0.05, 0.1) is 6.04 Å². The molecule has 1 aromatic rings. The fraction of sp³-hybridized carbons (Fsp3) is 0.676. The number of primary amides is 1. The lowest BCUT2D eigenvalue weighted by Gasteiger charge is -2.38. The van der Waals surface area contributed by atoms with Crippen LogP contribution in [-0.2, 0) is 41.6 Å². The molecule has 12 nitrogen and oxygen atoms in total. The number of nitrogens with zero attached hydrogens (tertiary/aromatic N) is 1. The number of piperidine rings is 1. The number of fused-ring (bicyclic) bond motifs is 2. The Morgan fingerprint density at radius 3 is 1.96 bits per heavy atom. The Morgan fingerprint density at radius 1 is 0.898 bits per heavy atom. The number of nitrogens with two attached hydrogens (primary N) is 1. The minimum atomic E-state index is -1.11. The molecule has 4 aliphatic rings. The van der Waals surface area contributed by atoms with Crippen LogP contribution in [0.15, 0.2) is 24.3 Å². The van der Waals surface area contributed by atoms with E-state index < -0.39 is 70.5 Å². The second kappa shape index (κ2) is 13.1. The summed E-state index contributed by atoms with van der Waals surface area (Å²) in [7, 11) is 0. The Balaban J connectivity index is 1.29. The SMILES string of the molecule is CC(C)(C)C(NC(=O)N[C@@H](C(=O)N1C[C@H]2[C@@H]([C@H]1C(=O)NC(CC1CC1)C(=O)C(N)=O)C2(C)C)C(C)(C)C)C(=O)OC1Cc2ccccc2C1. The van der Waals surface area contributed by atoms with Gasteiger partial charge in [-0.25, -0.2) is 9.59 Å². The summed E-state index contributed by atoms with van der Waals surface area (Å²) in [5.41, 5.74) is 5.90. The van der Waals surface area contributed by atoms with E-state index in [-0.39, 0.29) is 29.3 Å². The zero-order chi connectivity index (χ0) is 36.2. The van der Waals surface area contributed by atoms with Crippen molar-refractivity contribution in [3.05, 3.63) is 35.4 Å². The minimum Gasteiger partial charge on any atom is -0.460 e. The van der Waals surface area contributed by atoms with Crippen molar-refractivity contribution >= 4 is 35.5 Å². The molecule has 268 valence electrons. The molecule has 5 N–H and O–H groups in total. The van der Waals surface area contributed by atoms with Gasteiger partial charge in [-0.2, -0.15) is 0 Å². The molecule has 3 fully saturated rings. The van der Waals surface area contributed by atoms with Crippen LogP contribution in [-0.4, -0.2) is 77.2 Å². The molecule has 2 unspecified atom stereocenters. The molecule has 1 aromatic carbocycles. The van der Waals surface area contributed by atoms with Crippen molar-refractivity contribution in [3.8, 4) is 0 Å². The zero-order valence-corrected chi connectivity index (χ0v) is 30.1. The van der Waals surface area contributed by atoms with Gasteiger partial charge in [0, 0.05) is 19.4 Å². The highest BCUT2D eigenvalue weighted by atomic mass is 16.5. The van der Waals surface area contributed by atoms with E-state index in [4.69, 9.17) is 10.5 Å². The third kappa shape index (κ3) is 7.78. The summed E-state index contributed by atoms with van der Waals surface area (Å²) in [5.74, 6) is -3.32. The molecule has 0 bridgehead atoms. The number of nitrogens with one attached hydrogen (secondary N) is 3. The molecular weight excluding hydrogens is 626 g/mol. The van der Waals surface area contributed by atoms with Crippen molar-refractivity contribution in [2.24, 2.45) is 39.7 Å². The molecule has 0 spiro atoms. The number of amides is 5. The maximum absolute atomic E-state index is 14.4. The van der Waals surface area contributed by atoms with Crippen LogP contribution >= 0.6 is 0 Å². The number of carbonyl (C=O) groups is 6. The van der Waals surface area contributed by atoms with E-state index in [0.717, 1.165) is 24.0 Å². The van der Waals surface area contributed by atoms with Gasteiger partial charge in [-0.05, 0) is 51.5 Å². The predicted octanol–water partition coefficient (Wildman–Crippen LogP) is 2.65. The molecule has 12 heteroatoms. The van der Waals surface area contributed by atoms with Crippen LogP contribution in [0.25, 0.3) is 0 Å². The van der Waals surface area contributed by atoms with Crippen molar-refractivity contribution in [3.63, 3.8) is 0 Å². The van der Waals surface area contributed by atoms with Gasteiger partial charge >= 0.3 is 12.0 Å². The standard InChI is InChI=1S/C37H53N5O7/c1-35(2,3)28(40-34(48)41-29(36(4,5)6)33(47)49-22-16-20-11-9-10-12-21(20)17-22)32(46)42-18-23-25(37(23,7)8)26(42)31(45)39-24(15-19-13-14-19)27(43)30(38)44/h9-12,19,22-26,28-29H,13-18H2,1-8H3,(H2,38,44)(H,39,45)(H2,40,41,48)/t23-,24?,25-,26-,28-,29?/m0/s1. The zero-order valence-electron chi connectivity index (χ0n) is 30.1. The number of benzene rings is 1. The van der Waals surface area contributed by atoms with E-state index in [0.29, 0.717) is 25.8 Å². The summed E-state index contributed by atoms with van der Waals surface area (Å²) >= 11 is 0. The number of carbonyl (C=O) groups excluding carboxylic acids is 6. The van der Waals surface area contributed by atoms with Crippen LogP contribution in [0.4, 0.5) is 4.79 Å². The lowest BCUT2D eigenvalue weighted by molar-refractivity contribution is -0.153. The molecule has 5 amide bonds. The maximum atomic E-state index is 14.4. The largest absolute Gasteiger partial charge is 0.460 e. The van der Waals surface area contributed by atoms with Crippen LogP contribution in [0.2, 0.25) is 0 Å². The first kappa shape index (κ1) is 36.3. The molecule has 0 radical (unpaired) electrons. The van der Waals surface area contributed by atoms with Crippen molar-refractivity contribution in [2.75, 3.05) is 6.54 Å². The summed E-state index contributed by atoms with van der Waals surface area (Å²) in [6.45, 7) is 15.3. The van der Waals surface area contributed by atoms with E-state index >= 15 is 0 Å². The van der Waals surface area contributed by atoms with Crippen molar-refractivity contribution < 1.29 is 33.5 Å². The van der Waals surface area contributed by atoms with Crippen molar-refractivity contribution in [1.29, 1.82) is 0 Å². The first-order chi connectivity index (χ1) is 22.7. The molecule has 2 saturated carbocycles. The number of esters is 1. The molecule has 0 aromatic heterocycles. The lowest BCUT2D eigenvalue weighted by atomic mass is 9.85. The Kier molecular flexibility index (Phi) is 9.68. The minimum absolute atomic E-state index is 0.0529. The first-order valence-electron chi connectivity index (χ1n) is 17.5. The molecule has 1 saturated heterocycles. The highest BCUT2D eigenvalue weighted by Crippen LogP contribution is 2.65. The fourth-order valence-corrected chi connectivity index (χ4v) is 7.74. The summed E-state index contributed by atoms with van der Waals surface area (Å²) < 4.78 is 5.90. The molecule has 6 atom stereocenters. The van der Waals surface area contributed by atoms with Gasteiger partial charge in [0.25, 0.3) is 5.91 Å². The van der Waals surface area contributed by atoms with E-state index in [1.54, 1.807) is 0 Å². The van der Waals surface area contributed by atoms with Gasteiger partial charge in [0.2, 0.25) is 17.6 Å². The normalized spacial score (nSPS) is 24.5. The van der Waals surface area contributed by atoms with Crippen LogP contribution in [0, 0.1) is 34.0 Å². The van der Waals surface area contributed by atoms with Crippen molar-refractivity contribution in [1.82, 2.24) is 20.9 Å². The summed E-state index contributed by atoms with van der Waals surface area (Å²) in [4.78, 5) is 81.3. The van der Waals surface area contributed by atoms with E-state index in [2.05, 4.69) is 16.0 Å². The Hall–Kier alpha value is -3.96. The average molecular weight is 680 g/mol. The lowest BCUT2D eigenvalue weighted by Crippen LogP contribution is -2.62. The fourth-order valence-electron chi connectivity index (χ4n) is 7.74. The van der Waals surface area contributed by atoms with Gasteiger partial charge < -0.3 is 31.3 Å². The average Bonchev–Trinajstić information content (AvgIpc) is 3.75. The highest BCUT2D eigenvalue weighted by Gasteiger charge is 2.70. The predicted molar refractivity (Wildman–Crippen MR) is 182 cm³/mol. The topological polar surface area (TPSA) is 177 Å². The molecule has 1 aliphatic heterocycles. The third-order valence-electron chi connectivity index (χ3n) is 11.0.